The van der Waals surface area contributed by atoms with Gasteiger partial charge in [-0.2, -0.15) is 0 Å². The fraction of sp³-hybridized carbons (Fsp3) is 0.585. The number of aromatic nitrogens is 2. The topological polar surface area (TPSA) is 110 Å². The molecule has 4 rings (SSSR count). The number of rotatable bonds is 7. The minimum Gasteiger partial charge on any atom is -0.444 e. The van der Waals surface area contributed by atoms with Crippen LogP contribution >= 0.6 is 12.2 Å². The van der Waals surface area contributed by atoms with Crippen LogP contribution < -0.4 is 16.4 Å². The van der Waals surface area contributed by atoms with Gasteiger partial charge in [0.05, 0.1) is 5.52 Å². The van der Waals surface area contributed by atoms with Crippen LogP contribution in [0.25, 0.3) is 27.6 Å². The number of carbonyl (C=O) groups is 1. The number of aryl methyl sites for hydroxylation is 2. The molecule has 2 atom stereocenters. The van der Waals surface area contributed by atoms with Crippen molar-refractivity contribution in [2.24, 2.45) is 11.5 Å². The van der Waals surface area contributed by atoms with Gasteiger partial charge in [0, 0.05) is 28.6 Å². The molecule has 0 aliphatic carbocycles. The largest absolute Gasteiger partial charge is 0.444 e. The Morgan fingerprint density at radius 1 is 0.961 bits per heavy atom. The van der Waals surface area contributed by atoms with Crippen LogP contribution in [0.3, 0.4) is 0 Å². The number of H-pyrrole nitrogens is 1. The summed E-state index contributed by atoms with van der Waals surface area (Å²) < 4.78 is 37.6. The van der Waals surface area contributed by atoms with E-state index < -0.39 is 23.3 Å². The van der Waals surface area contributed by atoms with Crippen molar-refractivity contribution >= 4 is 40.6 Å². The molecule has 7 nitrogen and oxygen atoms in total. The average molecular weight is 730 g/mol. The van der Waals surface area contributed by atoms with Crippen molar-refractivity contribution < 1.29 is 18.3 Å². The number of hydrogen-bond acceptors (Lipinski definition) is 6. The summed E-state index contributed by atoms with van der Waals surface area (Å²) in [5, 5.41) is 0.798. The third kappa shape index (κ3) is 11.1. The fourth-order valence-corrected chi connectivity index (χ4v) is 6.96. The third-order valence-electron chi connectivity index (χ3n) is 8.98. The molecule has 2 heterocycles. The summed E-state index contributed by atoms with van der Waals surface area (Å²) in [6.45, 7) is 26.0. The summed E-state index contributed by atoms with van der Waals surface area (Å²) in [6, 6.07) is 3.92. The lowest BCUT2D eigenvalue weighted by Crippen LogP contribution is -2.36. The molecule has 1 aromatic heterocycles. The maximum absolute atomic E-state index is 17.0. The standard InChI is InChI=1S/C32H41F2N3S.C5H11NO2.C3H8.CH5N/c1-9-20-14-15-21(10-2)37(20)31-27-23(12-4)22(11-3)26(29(34)30(27)35-32(38)36-31)28-24(33)16-13-18(7)25(28)19(8)17(5)6;1-5(2,3)8-4(6)7;1-3-2;1-2/h13,16,20-21H,9-12,14-15H2,1-8H3,(H,35,36,38);1-3H3,(H2,6,7);3H2,1-2H3;2H2,1H3. The molecule has 5 N–H and O–H groups in total. The number of ether oxygens (including phenoxy) is 1. The minimum absolute atomic E-state index is 0.255. The molecule has 1 aliphatic rings. The predicted octanol–water partition coefficient (Wildman–Crippen LogP) is 11.5. The summed E-state index contributed by atoms with van der Waals surface area (Å²) in [5.41, 5.74) is 15.4. The second-order valence-corrected chi connectivity index (χ2v) is 14.4. The van der Waals surface area contributed by atoms with Crippen molar-refractivity contribution in [2.45, 2.75) is 153 Å². The number of primary amides is 1. The van der Waals surface area contributed by atoms with Crippen LogP contribution in [-0.4, -0.2) is 40.8 Å². The molecule has 0 radical (unpaired) electrons. The molecular formula is C41H65F2N5O2S. The highest BCUT2D eigenvalue weighted by molar-refractivity contribution is 7.71. The van der Waals surface area contributed by atoms with Crippen LogP contribution in [-0.2, 0) is 17.6 Å². The first-order valence-electron chi connectivity index (χ1n) is 18.5. The van der Waals surface area contributed by atoms with Crippen molar-refractivity contribution in [3.63, 3.8) is 0 Å². The monoisotopic (exact) mass is 729 g/mol. The summed E-state index contributed by atoms with van der Waals surface area (Å²) in [4.78, 5) is 20.4. The number of allylic oxidation sites excluding steroid dienone is 2. The number of benzene rings is 2. The van der Waals surface area contributed by atoms with E-state index >= 15 is 8.78 Å². The Kier molecular flexibility index (Phi) is 18.5. The summed E-state index contributed by atoms with van der Waals surface area (Å²) in [5.74, 6) is -0.0792. The average Bonchev–Trinajstić information content (AvgIpc) is 3.49. The Labute approximate surface area is 311 Å². The van der Waals surface area contributed by atoms with Gasteiger partial charge in [-0.05, 0) is 140 Å². The number of fused-ring (bicyclic) bond motifs is 1. The number of nitrogens with two attached hydrogens (primary N) is 2. The molecule has 2 aromatic carbocycles. The molecule has 1 amide bonds. The maximum atomic E-state index is 17.0. The zero-order valence-corrected chi connectivity index (χ0v) is 34.6. The van der Waals surface area contributed by atoms with Crippen LogP contribution in [0.5, 0.6) is 0 Å². The number of anilines is 1. The fourth-order valence-electron chi connectivity index (χ4n) is 6.77. The van der Waals surface area contributed by atoms with Gasteiger partial charge < -0.3 is 26.1 Å². The van der Waals surface area contributed by atoms with E-state index in [1.54, 1.807) is 26.8 Å². The molecule has 0 spiro atoms. The zero-order chi connectivity index (χ0) is 39.4. The maximum Gasteiger partial charge on any atom is 0.405 e. The number of amides is 1. The van der Waals surface area contributed by atoms with Crippen molar-refractivity contribution in [3.8, 4) is 11.1 Å². The Bertz CT molecular complexity index is 1700. The van der Waals surface area contributed by atoms with Gasteiger partial charge >= 0.3 is 6.09 Å². The third-order valence-corrected chi connectivity index (χ3v) is 9.17. The summed E-state index contributed by atoms with van der Waals surface area (Å²) in [6.07, 6.45) is 5.95. The van der Waals surface area contributed by atoms with Gasteiger partial charge in [-0.15, -0.1) is 0 Å². The van der Waals surface area contributed by atoms with Crippen molar-refractivity contribution in [3.05, 3.63) is 56.4 Å². The Morgan fingerprint density at radius 2 is 1.47 bits per heavy atom. The SMILES string of the molecule is CC(C)(C)OC(N)=O.CCC.CCc1c(-c2c(F)ccc(C)c2C(C)=C(C)C)c(F)c2[nH]c(=S)nc(N3C(CC)CCC3CC)c2c1CC.CN. The van der Waals surface area contributed by atoms with E-state index in [1.165, 1.54) is 19.5 Å². The molecule has 51 heavy (non-hydrogen) atoms. The molecular weight excluding hydrogens is 665 g/mol. The van der Waals surface area contributed by atoms with E-state index in [0.717, 1.165) is 70.3 Å². The first-order valence-corrected chi connectivity index (χ1v) is 18.9. The number of halogens is 2. The van der Waals surface area contributed by atoms with Crippen LogP contribution in [0.15, 0.2) is 17.7 Å². The van der Waals surface area contributed by atoms with Gasteiger partial charge in [-0.25, -0.2) is 18.6 Å². The Balaban J connectivity index is 0.000000862. The van der Waals surface area contributed by atoms with E-state index in [2.05, 4.69) is 55.0 Å². The normalized spacial score (nSPS) is 15.2. The molecule has 1 fully saturated rings. The molecule has 286 valence electrons. The Morgan fingerprint density at radius 3 is 1.86 bits per heavy atom. The smallest absolute Gasteiger partial charge is 0.405 e. The van der Waals surface area contributed by atoms with Crippen LogP contribution in [0.2, 0.25) is 0 Å². The lowest BCUT2D eigenvalue weighted by atomic mass is 9.83. The first-order chi connectivity index (χ1) is 23.9. The van der Waals surface area contributed by atoms with Crippen molar-refractivity contribution in [1.82, 2.24) is 9.97 Å². The van der Waals surface area contributed by atoms with E-state index in [1.807, 2.05) is 34.6 Å². The summed E-state index contributed by atoms with van der Waals surface area (Å²) >= 11 is 5.58. The first kappa shape index (κ1) is 45.7. The quantitative estimate of drug-likeness (QED) is 0.209. The highest BCUT2D eigenvalue weighted by Gasteiger charge is 2.35. The van der Waals surface area contributed by atoms with Gasteiger partial charge in [0.25, 0.3) is 0 Å². The number of carbonyl (C=O) groups excluding carboxylic acids is 1. The van der Waals surface area contributed by atoms with Crippen molar-refractivity contribution in [1.29, 1.82) is 0 Å². The van der Waals surface area contributed by atoms with Gasteiger partial charge in [-0.1, -0.05) is 59.6 Å². The number of hydrogen-bond donors (Lipinski definition) is 3. The molecule has 1 saturated heterocycles. The molecule has 1 aliphatic heterocycles. The second-order valence-electron chi connectivity index (χ2n) is 14.1. The van der Waals surface area contributed by atoms with Crippen LogP contribution in [0.4, 0.5) is 19.4 Å². The predicted molar refractivity (Wildman–Crippen MR) is 216 cm³/mol. The molecule has 2 unspecified atom stereocenters. The van der Waals surface area contributed by atoms with Gasteiger partial charge in [-0.3, -0.25) is 0 Å². The molecule has 3 aromatic rings. The van der Waals surface area contributed by atoms with Gasteiger partial charge in [0.15, 0.2) is 10.6 Å². The van der Waals surface area contributed by atoms with Crippen LogP contribution in [0.1, 0.15) is 137 Å². The van der Waals surface area contributed by atoms with E-state index in [0.29, 0.717) is 41.6 Å². The van der Waals surface area contributed by atoms with Crippen LogP contribution in [0, 0.1) is 23.3 Å². The molecule has 0 bridgehead atoms. The van der Waals surface area contributed by atoms with Gasteiger partial charge in [0.2, 0.25) is 0 Å². The number of nitrogens with one attached hydrogen (secondary N) is 1. The second kappa shape index (κ2) is 20.6. The zero-order valence-electron chi connectivity index (χ0n) is 33.8. The Hall–Kier alpha value is -3.37. The van der Waals surface area contributed by atoms with Gasteiger partial charge in [0.1, 0.15) is 17.2 Å². The minimum atomic E-state index is -0.725. The number of nitrogens with zero attached hydrogens (tertiary/aromatic N) is 2. The van der Waals surface area contributed by atoms with E-state index in [9.17, 15) is 4.79 Å². The van der Waals surface area contributed by atoms with E-state index in [4.69, 9.17) is 22.9 Å². The summed E-state index contributed by atoms with van der Waals surface area (Å²) in [7, 11) is 1.50. The molecule has 0 saturated carbocycles. The van der Waals surface area contributed by atoms with Crippen molar-refractivity contribution in [2.75, 3.05) is 11.9 Å². The van der Waals surface area contributed by atoms with E-state index in [-0.39, 0.29) is 4.77 Å². The lowest BCUT2D eigenvalue weighted by molar-refractivity contribution is 0.0600. The lowest BCUT2D eigenvalue weighted by Gasteiger charge is -2.33. The highest BCUT2D eigenvalue weighted by atomic mass is 32.1. The number of aromatic amines is 1. The molecule has 10 heteroatoms. The highest BCUT2D eigenvalue weighted by Crippen LogP contribution is 2.45.